The Bertz CT molecular complexity index is 617. The molecule has 0 aromatic carbocycles. The molecule has 25 heavy (non-hydrogen) atoms. The van der Waals surface area contributed by atoms with Crippen molar-refractivity contribution < 1.29 is 33.4 Å². The average molecular weight is 352 g/mol. The van der Waals surface area contributed by atoms with Crippen LogP contribution in [-0.2, 0) is 28.6 Å². The predicted molar refractivity (Wildman–Crippen MR) is 84.2 cm³/mol. The zero-order valence-corrected chi connectivity index (χ0v) is 14.3. The lowest BCUT2D eigenvalue weighted by Gasteiger charge is -2.27. The number of aromatic nitrogens is 1. The highest BCUT2D eigenvalue weighted by Gasteiger charge is 2.42. The Kier molecular flexibility index (Phi) is 7.51. The Morgan fingerprint density at radius 3 is 1.84 bits per heavy atom. The van der Waals surface area contributed by atoms with Crippen molar-refractivity contribution in [2.45, 2.75) is 13.0 Å². The predicted octanol–water partition coefficient (Wildman–Crippen LogP) is -0.0487. The standard InChI is InChI=1S/C16H20N2O7/c1-9(11(14(20)23-2)15(21)24-3)12(16(22)25-4)18-13(19)10-5-7-17-8-6-10/h5-9,11-12H,1-4H3,(H,18,19)/t9-,12+/m1/s1. The van der Waals surface area contributed by atoms with Crippen molar-refractivity contribution in [1.82, 2.24) is 10.3 Å². The Labute approximate surface area is 144 Å². The van der Waals surface area contributed by atoms with E-state index < -0.39 is 41.7 Å². The summed E-state index contributed by atoms with van der Waals surface area (Å²) in [6.45, 7) is 1.44. The summed E-state index contributed by atoms with van der Waals surface area (Å²) in [5.74, 6) is -5.54. The topological polar surface area (TPSA) is 121 Å². The highest BCUT2D eigenvalue weighted by atomic mass is 16.5. The van der Waals surface area contributed by atoms with Crippen LogP contribution < -0.4 is 5.32 Å². The quantitative estimate of drug-likeness (QED) is 0.412. The van der Waals surface area contributed by atoms with Gasteiger partial charge in [-0.1, -0.05) is 6.92 Å². The minimum absolute atomic E-state index is 0.254. The molecule has 0 aliphatic heterocycles. The lowest BCUT2D eigenvalue weighted by Crippen LogP contribution is -2.51. The summed E-state index contributed by atoms with van der Waals surface area (Å²) in [6, 6.07) is 1.63. The van der Waals surface area contributed by atoms with E-state index in [2.05, 4.69) is 24.5 Å². The number of amides is 1. The Hall–Kier alpha value is -2.97. The molecule has 136 valence electrons. The van der Waals surface area contributed by atoms with Crippen LogP contribution >= 0.6 is 0 Å². The van der Waals surface area contributed by atoms with Crippen molar-refractivity contribution in [1.29, 1.82) is 0 Å². The number of ether oxygens (including phenoxy) is 3. The number of esters is 3. The van der Waals surface area contributed by atoms with Gasteiger partial charge in [-0.05, 0) is 12.1 Å². The van der Waals surface area contributed by atoms with E-state index in [1.54, 1.807) is 0 Å². The second kappa shape index (κ2) is 9.36. The fourth-order valence-corrected chi connectivity index (χ4v) is 2.23. The first-order valence-corrected chi connectivity index (χ1v) is 7.31. The third-order valence-electron chi connectivity index (χ3n) is 3.65. The Morgan fingerprint density at radius 1 is 0.920 bits per heavy atom. The Morgan fingerprint density at radius 2 is 1.40 bits per heavy atom. The van der Waals surface area contributed by atoms with Gasteiger partial charge in [-0.3, -0.25) is 19.4 Å². The summed E-state index contributed by atoms with van der Waals surface area (Å²) in [5, 5.41) is 2.47. The largest absolute Gasteiger partial charge is 0.468 e. The van der Waals surface area contributed by atoms with Crippen LogP contribution in [0.1, 0.15) is 17.3 Å². The number of methoxy groups -OCH3 is 3. The third-order valence-corrected chi connectivity index (χ3v) is 3.65. The molecule has 0 bridgehead atoms. The molecule has 0 saturated carbocycles. The van der Waals surface area contributed by atoms with Crippen molar-refractivity contribution >= 4 is 23.8 Å². The SMILES string of the molecule is COC(=O)C(C(=O)OC)[C@@H](C)[C@H](NC(=O)c1ccncc1)C(=O)OC. The van der Waals surface area contributed by atoms with E-state index in [-0.39, 0.29) is 5.56 Å². The van der Waals surface area contributed by atoms with Gasteiger partial charge in [0.1, 0.15) is 6.04 Å². The summed E-state index contributed by atoms with van der Waals surface area (Å²) in [6.07, 6.45) is 2.83. The Balaban J connectivity index is 3.11. The van der Waals surface area contributed by atoms with Crippen LogP contribution in [0.15, 0.2) is 24.5 Å². The first-order valence-electron chi connectivity index (χ1n) is 7.31. The van der Waals surface area contributed by atoms with Gasteiger partial charge in [-0.25, -0.2) is 4.79 Å². The number of carbonyl (C=O) groups excluding carboxylic acids is 4. The molecule has 0 aliphatic carbocycles. The maximum atomic E-state index is 12.3. The van der Waals surface area contributed by atoms with Gasteiger partial charge in [-0.2, -0.15) is 0 Å². The number of nitrogens with zero attached hydrogens (tertiary/aromatic N) is 1. The van der Waals surface area contributed by atoms with E-state index in [1.165, 1.54) is 31.5 Å². The molecule has 1 heterocycles. The van der Waals surface area contributed by atoms with E-state index in [9.17, 15) is 19.2 Å². The molecule has 9 nitrogen and oxygen atoms in total. The zero-order valence-electron chi connectivity index (χ0n) is 14.3. The van der Waals surface area contributed by atoms with Crippen molar-refractivity contribution in [2.24, 2.45) is 11.8 Å². The molecule has 0 unspecified atom stereocenters. The molecule has 1 aromatic rings. The summed E-state index contributed by atoms with van der Waals surface area (Å²) < 4.78 is 13.9. The van der Waals surface area contributed by atoms with Crippen LogP contribution in [0.3, 0.4) is 0 Å². The van der Waals surface area contributed by atoms with Crippen molar-refractivity contribution in [3.63, 3.8) is 0 Å². The van der Waals surface area contributed by atoms with Crippen LogP contribution in [0.25, 0.3) is 0 Å². The van der Waals surface area contributed by atoms with Gasteiger partial charge in [-0.15, -0.1) is 0 Å². The molecule has 2 atom stereocenters. The maximum absolute atomic E-state index is 12.3. The van der Waals surface area contributed by atoms with Crippen LogP contribution in [0.4, 0.5) is 0 Å². The highest BCUT2D eigenvalue weighted by molar-refractivity contribution is 5.98. The molecule has 9 heteroatoms. The molecular formula is C16H20N2O7. The third kappa shape index (κ3) is 5.00. The van der Waals surface area contributed by atoms with Gasteiger partial charge in [0.25, 0.3) is 5.91 Å². The first-order chi connectivity index (χ1) is 11.9. The van der Waals surface area contributed by atoms with Crippen LogP contribution in [-0.4, -0.2) is 56.2 Å². The van der Waals surface area contributed by atoms with E-state index in [4.69, 9.17) is 0 Å². The first kappa shape index (κ1) is 20.1. The van der Waals surface area contributed by atoms with Gasteiger partial charge in [0.15, 0.2) is 5.92 Å². The van der Waals surface area contributed by atoms with Gasteiger partial charge in [0.05, 0.1) is 21.3 Å². The van der Waals surface area contributed by atoms with Crippen LogP contribution in [0.5, 0.6) is 0 Å². The lowest BCUT2D eigenvalue weighted by atomic mass is 9.87. The van der Waals surface area contributed by atoms with Crippen molar-refractivity contribution in [3.8, 4) is 0 Å². The second-order valence-electron chi connectivity index (χ2n) is 5.09. The minimum atomic E-state index is -1.41. The molecule has 1 amide bonds. The normalized spacial score (nSPS) is 12.7. The van der Waals surface area contributed by atoms with Crippen LogP contribution in [0, 0.1) is 11.8 Å². The molecule has 0 fully saturated rings. The zero-order chi connectivity index (χ0) is 19.0. The van der Waals surface area contributed by atoms with Gasteiger partial charge >= 0.3 is 17.9 Å². The molecule has 0 saturated heterocycles. The number of hydrogen-bond acceptors (Lipinski definition) is 8. The molecule has 1 N–H and O–H groups in total. The summed E-state index contributed by atoms with van der Waals surface area (Å²) in [5.41, 5.74) is 0.254. The van der Waals surface area contributed by atoms with E-state index in [0.717, 1.165) is 21.3 Å². The summed E-state index contributed by atoms with van der Waals surface area (Å²) in [7, 11) is 3.34. The highest BCUT2D eigenvalue weighted by Crippen LogP contribution is 2.20. The van der Waals surface area contributed by atoms with Crippen LogP contribution in [0.2, 0.25) is 0 Å². The number of rotatable bonds is 7. The minimum Gasteiger partial charge on any atom is -0.468 e. The number of hydrogen-bond donors (Lipinski definition) is 1. The molecule has 1 aromatic heterocycles. The van der Waals surface area contributed by atoms with Crippen molar-refractivity contribution in [2.75, 3.05) is 21.3 Å². The number of carbonyl (C=O) groups is 4. The van der Waals surface area contributed by atoms with Gasteiger partial charge in [0, 0.05) is 23.9 Å². The molecule has 0 aliphatic rings. The monoisotopic (exact) mass is 352 g/mol. The average Bonchev–Trinajstić information content (AvgIpc) is 2.65. The lowest BCUT2D eigenvalue weighted by molar-refractivity contribution is -0.162. The second-order valence-corrected chi connectivity index (χ2v) is 5.09. The fourth-order valence-electron chi connectivity index (χ4n) is 2.23. The summed E-state index contributed by atoms with van der Waals surface area (Å²) >= 11 is 0. The van der Waals surface area contributed by atoms with E-state index in [1.807, 2.05) is 0 Å². The maximum Gasteiger partial charge on any atom is 0.328 e. The molecular weight excluding hydrogens is 332 g/mol. The smallest absolute Gasteiger partial charge is 0.328 e. The molecule has 0 spiro atoms. The van der Waals surface area contributed by atoms with Crippen molar-refractivity contribution in [3.05, 3.63) is 30.1 Å². The van der Waals surface area contributed by atoms with Gasteiger partial charge in [0.2, 0.25) is 0 Å². The molecule has 0 radical (unpaired) electrons. The van der Waals surface area contributed by atoms with Gasteiger partial charge < -0.3 is 19.5 Å². The number of nitrogens with one attached hydrogen (secondary N) is 1. The fraction of sp³-hybridized carbons (Fsp3) is 0.438. The molecule has 1 rings (SSSR count). The van der Waals surface area contributed by atoms with E-state index >= 15 is 0 Å². The van der Waals surface area contributed by atoms with E-state index in [0.29, 0.717) is 0 Å². The number of pyridine rings is 1. The summed E-state index contributed by atoms with van der Waals surface area (Å²) in [4.78, 5) is 52.0.